The molecule has 0 spiro atoms. The summed E-state index contributed by atoms with van der Waals surface area (Å²) in [5, 5.41) is 27.9. The van der Waals surface area contributed by atoms with Gasteiger partial charge in [0.15, 0.2) is 17.5 Å². The standard InChI is InChI=1S/C27H36ClN7O3/c1-16-5-7-17(8-6-16)15-35-21(14-18-3-2-4-19(28)13-18)25(31-23(29)24(30)32-27(36)37)33-26(35)34-11-9-22-20(34)10-12-38-22/h2,4,13-14,16-18,20,22,29H,3,5-12,15H2,1H3,(H2,30,32)(H,36,37)/b21-14-,29-23?,31-25+/t16-,17-,18?,20?,22?. The molecule has 0 aromatic heterocycles. The van der Waals surface area contributed by atoms with E-state index in [1.54, 1.807) is 0 Å². The van der Waals surface area contributed by atoms with Crippen LogP contribution in [-0.4, -0.2) is 76.3 Å². The van der Waals surface area contributed by atoms with Crippen LogP contribution in [0, 0.1) is 28.6 Å². The summed E-state index contributed by atoms with van der Waals surface area (Å²) in [5.74, 6) is 1.36. The first kappa shape index (κ1) is 26.6. The highest BCUT2D eigenvalue weighted by Crippen LogP contribution is 2.36. The molecule has 0 aromatic carbocycles. The molecule has 0 bridgehead atoms. The number of carboxylic acid groups (broad SMARTS) is 1. The minimum Gasteiger partial charge on any atom is -0.465 e. The third-order valence-corrected chi connectivity index (χ3v) is 8.40. The Labute approximate surface area is 228 Å². The maximum absolute atomic E-state index is 11.0. The Bertz CT molecular complexity index is 1140. The number of nitrogens with one attached hydrogen (secondary N) is 3. The summed E-state index contributed by atoms with van der Waals surface area (Å²) < 4.78 is 5.97. The SMILES string of the molecule is C[C@H]1CC[C@H](CN2C(N3CCC4OCCC43)=NC(=N/C(=N)C(=N)NC(=O)O)/C2=C/C2C=C(Cl)C=CC2)CC1. The van der Waals surface area contributed by atoms with Crippen molar-refractivity contribution >= 4 is 41.2 Å². The molecule has 1 saturated carbocycles. The van der Waals surface area contributed by atoms with Gasteiger partial charge in [-0.2, -0.15) is 4.99 Å². The highest BCUT2D eigenvalue weighted by atomic mass is 35.5. The van der Waals surface area contributed by atoms with E-state index in [1.165, 1.54) is 12.8 Å². The molecule has 11 heteroatoms. The van der Waals surface area contributed by atoms with Crippen LogP contribution in [-0.2, 0) is 4.74 Å². The molecule has 2 aliphatic carbocycles. The van der Waals surface area contributed by atoms with Crippen LogP contribution in [0.1, 0.15) is 51.9 Å². The number of amidine groups is 3. The molecule has 3 atom stereocenters. The van der Waals surface area contributed by atoms with Crippen LogP contribution in [0.3, 0.4) is 0 Å². The van der Waals surface area contributed by atoms with Crippen molar-refractivity contribution in [2.75, 3.05) is 19.7 Å². The largest absolute Gasteiger partial charge is 0.465 e. The fraction of sp³-hybridized carbons (Fsp3) is 0.593. The first-order valence-corrected chi connectivity index (χ1v) is 13.9. The van der Waals surface area contributed by atoms with Gasteiger partial charge in [-0.25, -0.2) is 9.79 Å². The first-order chi connectivity index (χ1) is 18.3. The summed E-state index contributed by atoms with van der Waals surface area (Å²) in [4.78, 5) is 25.0. The Balaban J connectivity index is 1.52. The number of hydrogen-bond donors (Lipinski definition) is 4. The molecule has 0 radical (unpaired) electrons. The molecule has 3 aliphatic heterocycles. The van der Waals surface area contributed by atoms with Crippen molar-refractivity contribution in [2.45, 2.75) is 64.0 Å². The fourth-order valence-corrected chi connectivity index (χ4v) is 6.37. The zero-order valence-corrected chi connectivity index (χ0v) is 22.5. The first-order valence-electron chi connectivity index (χ1n) is 13.5. The van der Waals surface area contributed by atoms with E-state index in [0.717, 1.165) is 69.4 Å². The molecule has 4 N–H and O–H groups in total. The molecular formula is C27H36ClN7O3. The molecule has 204 valence electrons. The summed E-state index contributed by atoms with van der Waals surface area (Å²) in [6, 6.07) is 0.251. The zero-order valence-electron chi connectivity index (χ0n) is 21.7. The maximum atomic E-state index is 11.0. The lowest BCUT2D eigenvalue weighted by Gasteiger charge is -2.35. The molecule has 38 heavy (non-hydrogen) atoms. The van der Waals surface area contributed by atoms with Gasteiger partial charge in [0, 0.05) is 30.6 Å². The lowest BCUT2D eigenvalue weighted by molar-refractivity contribution is 0.109. The Morgan fingerprint density at radius 2 is 2.08 bits per heavy atom. The van der Waals surface area contributed by atoms with Gasteiger partial charge in [0.2, 0.25) is 5.96 Å². The normalized spacial score (nSPS) is 32.9. The van der Waals surface area contributed by atoms with Crippen molar-refractivity contribution < 1.29 is 14.6 Å². The smallest absolute Gasteiger partial charge is 0.410 e. The number of aliphatic imine (C=N–C) groups is 2. The van der Waals surface area contributed by atoms with E-state index in [1.807, 2.05) is 23.5 Å². The lowest BCUT2D eigenvalue weighted by atomic mass is 9.83. The topological polar surface area (TPSA) is 137 Å². The van der Waals surface area contributed by atoms with Crippen molar-refractivity contribution in [3.05, 3.63) is 35.0 Å². The Hall–Kier alpha value is -2.98. The number of rotatable bonds is 3. The van der Waals surface area contributed by atoms with Crippen LogP contribution in [0.2, 0.25) is 0 Å². The van der Waals surface area contributed by atoms with Crippen molar-refractivity contribution in [3.63, 3.8) is 0 Å². The second-order valence-corrected chi connectivity index (χ2v) is 11.3. The van der Waals surface area contributed by atoms with Gasteiger partial charge in [-0.1, -0.05) is 43.5 Å². The van der Waals surface area contributed by atoms with Gasteiger partial charge < -0.3 is 19.6 Å². The van der Waals surface area contributed by atoms with Crippen molar-refractivity contribution in [1.29, 1.82) is 10.8 Å². The predicted octanol–water partition coefficient (Wildman–Crippen LogP) is 4.55. The summed E-state index contributed by atoms with van der Waals surface area (Å²) in [5.41, 5.74) is 0.787. The van der Waals surface area contributed by atoms with E-state index in [2.05, 4.69) is 27.8 Å². The quantitative estimate of drug-likeness (QED) is 0.307. The second kappa shape index (κ2) is 11.4. The number of guanidine groups is 1. The molecule has 0 aromatic rings. The molecule has 3 fully saturated rings. The predicted molar refractivity (Wildman–Crippen MR) is 148 cm³/mol. The van der Waals surface area contributed by atoms with Crippen molar-refractivity contribution in [1.82, 2.24) is 15.1 Å². The molecule has 2 saturated heterocycles. The fourth-order valence-electron chi connectivity index (χ4n) is 6.12. The van der Waals surface area contributed by atoms with Gasteiger partial charge in [-0.05, 0) is 56.1 Å². The van der Waals surface area contributed by atoms with E-state index in [0.29, 0.717) is 16.8 Å². The van der Waals surface area contributed by atoms with E-state index in [4.69, 9.17) is 37.3 Å². The van der Waals surface area contributed by atoms with Crippen LogP contribution < -0.4 is 5.32 Å². The van der Waals surface area contributed by atoms with Crippen molar-refractivity contribution in [2.24, 2.45) is 27.7 Å². The number of allylic oxidation sites excluding steroid dienone is 5. The van der Waals surface area contributed by atoms with E-state index < -0.39 is 17.8 Å². The van der Waals surface area contributed by atoms with E-state index >= 15 is 0 Å². The molecule has 1 amide bonds. The Morgan fingerprint density at radius 1 is 1.29 bits per heavy atom. The molecule has 5 aliphatic rings. The summed E-state index contributed by atoms with van der Waals surface area (Å²) >= 11 is 6.33. The summed E-state index contributed by atoms with van der Waals surface area (Å²) in [7, 11) is 0. The molecule has 3 heterocycles. The number of hydrogen-bond acceptors (Lipinski definition) is 6. The van der Waals surface area contributed by atoms with Crippen LogP contribution in [0.4, 0.5) is 4.79 Å². The highest BCUT2D eigenvalue weighted by Gasteiger charge is 2.44. The van der Waals surface area contributed by atoms with Gasteiger partial charge in [-0.15, -0.1) is 0 Å². The number of amides is 1. The number of fused-ring (bicyclic) bond motifs is 1. The summed E-state index contributed by atoms with van der Waals surface area (Å²) in [6.45, 7) is 4.68. The zero-order chi connectivity index (χ0) is 26.8. The third kappa shape index (κ3) is 5.86. The third-order valence-electron chi connectivity index (χ3n) is 8.15. The average molecular weight is 542 g/mol. The minimum absolute atomic E-state index is 0.0306. The average Bonchev–Trinajstić information content (AvgIpc) is 3.57. The molecule has 10 nitrogen and oxygen atoms in total. The van der Waals surface area contributed by atoms with E-state index in [-0.39, 0.29) is 18.1 Å². The summed E-state index contributed by atoms with van der Waals surface area (Å²) in [6.07, 6.45) is 14.2. The van der Waals surface area contributed by atoms with Gasteiger partial charge in [-0.3, -0.25) is 16.1 Å². The number of nitrogens with zero attached hydrogens (tertiary/aromatic N) is 4. The monoisotopic (exact) mass is 541 g/mol. The second-order valence-electron chi connectivity index (χ2n) is 10.9. The van der Waals surface area contributed by atoms with Gasteiger partial charge in [0.05, 0.1) is 17.8 Å². The van der Waals surface area contributed by atoms with Crippen LogP contribution in [0.5, 0.6) is 0 Å². The number of likely N-dealkylation sites (tertiary alicyclic amines) is 1. The van der Waals surface area contributed by atoms with Crippen LogP contribution in [0.15, 0.2) is 45.0 Å². The lowest BCUT2D eigenvalue weighted by Crippen LogP contribution is -2.46. The molecule has 5 rings (SSSR count). The maximum Gasteiger partial charge on any atom is 0.410 e. The molecule has 3 unspecified atom stereocenters. The van der Waals surface area contributed by atoms with Crippen LogP contribution in [0.25, 0.3) is 0 Å². The van der Waals surface area contributed by atoms with Gasteiger partial charge in [0.25, 0.3) is 0 Å². The Morgan fingerprint density at radius 3 is 2.82 bits per heavy atom. The minimum atomic E-state index is -1.41. The number of ether oxygens (including phenoxy) is 1. The van der Waals surface area contributed by atoms with Crippen molar-refractivity contribution in [3.8, 4) is 0 Å². The number of halogens is 1. The molecular weight excluding hydrogens is 506 g/mol. The highest BCUT2D eigenvalue weighted by molar-refractivity contribution is 6.42. The number of carbonyl (C=O) groups is 1. The van der Waals surface area contributed by atoms with E-state index in [9.17, 15) is 4.79 Å². The Kier molecular flexibility index (Phi) is 7.99. The van der Waals surface area contributed by atoms with Crippen LogP contribution >= 0.6 is 11.6 Å². The van der Waals surface area contributed by atoms with Gasteiger partial charge in [0.1, 0.15) is 0 Å². The van der Waals surface area contributed by atoms with Gasteiger partial charge >= 0.3 is 6.09 Å².